The number of benzene rings is 1. The second kappa shape index (κ2) is 4.96. The quantitative estimate of drug-likeness (QED) is 0.918. The molecule has 1 aromatic carbocycles. The Bertz CT molecular complexity index is 490. The number of hydrogen-bond acceptors (Lipinski definition) is 3. The molecule has 1 spiro atoms. The van der Waals surface area contributed by atoms with Crippen molar-refractivity contribution in [2.24, 2.45) is 5.92 Å². The molecule has 1 aliphatic carbocycles. The van der Waals surface area contributed by atoms with E-state index in [1.807, 2.05) is 0 Å². The van der Waals surface area contributed by atoms with Gasteiger partial charge in [-0.3, -0.25) is 0 Å². The Morgan fingerprint density at radius 2 is 2.05 bits per heavy atom. The van der Waals surface area contributed by atoms with Crippen LogP contribution in [0, 0.1) is 5.92 Å². The third-order valence-electron chi connectivity index (χ3n) is 4.93. The SMILES string of the molecule is c1cc(OCC2CC2)c2c(c1)OC1(CCNCC1)CC2. The molecule has 2 aliphatic heterocycles. The third-order valence-corrected chi connectivity index (χ3v) is 4.93. The van der Waals surface area contributed by atoms with Gasteiger partial charge >= 0.3 is 0 Å². The first-order chi connectivity index (χ1) is 9.85. The molecular weight excluding hydrogens is 250 g/mol. The average molecular weight is 273 g/mol. The molecule has 1 saturated heterocycles. The van der Waals surface area contributed by atoms with E-state index < -0.39 is 0 Å². The van der Waals surface area contributed by atoms with Crippen LogP contribution in [-0.2, 0) is 6.42 Å². The van der Waals surface area contributed by atoms with E-state index in [0.717, 1.165) is 62.8 Å². The Balaban J connectivity index is 1.53. The van der Waals surface area contributed by atoms with Crippen molar-refractivity contribution in [2.45, 2.75) is 44.1 Å². The molecule has 1 N–H and O–H groups in total. The minimum atomic E-state index is 0.0768. The number of ether oxygens (including phenoxy) is 2. The summed E-state index contributed by atoms with van der Waals surface area (Å²) in [4.78, 5) is 0. The molecule has 3 nitrogen and oxygen atoms in total. The molecule has 0 bridgehead atoms. The highest BCUT2D eigenvalue weighted by Gasteiger charge is 2.38. The molecular formula is C17H23NO2. The van der Waals surface area contributed by atoms with Gasteiger partial charge in [0.15, 0.2) is 0 Å². The maximum Gasteiger partial charge on any atom is 0.127 e. The third kappa shape index (κ3) is 2.39. The van der Waals surface area contributed by atoms with Gasteiger partial charge in [0.2, 0.25) is 0 Å². The lowest BCUT2D eigenvalue weighted by Gasteiger charge is -2.42. The molecule has 0 radical (unpaired) electrons. The predicted octanol–water partition coefficient (Wildman–Crippen LogP) is 2.92. The van der Waals surface area contributed by atoms with Crippen LogP contribution in [-0.4, -0.2) is 25.3 Å². The summed E-state index contributed by atoms with van der Waals surface area (Å²) < 4.78 is 12.4. The van der Waals surface area contributed by atoms with Crippen LogP contribution in [0.4, 0.5) is 0 Å². The number of piperidine rings is 1. The largest absolute Gasteiger partial charge is 0.493 e. The van der Waals surface area contributed by atoms with Gasteiger partial charge in [0.1, 0.15) is 17.1 Å². The number of fused-ring (bicyclic) bond motifs is 1. The fourth-order valence-electron chi connectivity index (χ4n) is 3.39. The fraction of sp³-hybridized carbons (Fsp3) is 0.647. The highest BCUT2D eigenvalue weighted by atomic mass is 16.5. The van der Waals surface area contributed by atoms with Crippen LogP contribution in [0.25, 0.3) is 0 Å². The highest BCUT2D eigenvalue weighted by Crippen LogP contribution is 2.42. The maximum atomic E-state index is 6.40. The van der Waals surface area contributed by atoms with Crippen LogP contribution in [0.15, 0.2) is 18.2 Å². The first-order valence-corrected chi connectivity index (χ1v) is 7.99. The molecule has 3 heteroatoms. The monoisotopic (exact) mass is 273 g/mol. The summed E-state index contributed by atoms with van der Waals surface area (Å²) in [5.74, 6) is 2.91. The van der Waals surface area contributed by atoms with Crippen molar-refractivity contribution < 1.29 is 9.47 Å². The molecule has 0 amide bonds. The van der Waals surface area contributed by atoms with E-state index in [4.69, 9.17) is 9.47 Å². The van der Waals surface area contributed by atoms with Gasteiger partial charge in [0.05, 0.1) is 6.61 Å². The van der Waals surface area contributed by atoms with Crippen LogP contribution in [0.3, 0.4) is 0 Å². The lowest BCUT2D eigenvalue weighted by Crippen LogP contribution is -2.48. The molecule has 2 heterocycles. The smallest absolute Gasteiger partial charge is 0.127 e. The number of hydrogen-bond donors (Lipinski definition) is 1. The van der Waals surface area contributed by atoms with E-state index in [1.165, 1.54) is 18.4 Å². The topological polar surface area (TPSA) is 30.5 Å². The summed E-state index contributed by atoms with van der Waals surface area (Å²) in [6, 6.07) is 6.29. The first-order valence-electron chi connectivity index (χ1n) is 7.99. The Morgan fingerprint density at radius 1 is 1.20 bits per heavy atom. The zero-order valence-corrected chi connectivity index (χ0v) is 12.0. The molecule has 4 rings (SSSR count). The van der Waals surface area contributed by atoms with Crippen molar-refractivity contribution in [3.05, 3.63) is 23.8 Å². The molecule has 20 heavy (non-hydrogen) atoms. The molecule has 108 valence electrons. The number of rotatable bonds is 3. The molecule has 1 aromatic rings. The normalized spacial score (nSPS) is 24.0. The van der Waals surface area contributed by atoms with Crippen LogP contribution in [0.2, 0.25) is 0 Å². The van der Waals surface area contributed by atoms with Gasteiger partial charge < -0.3 is 14.8 Å². The lowest BCUT2D eigenvalue weighted by molar-refractivity contribution is 0.0162. The van der Waals surface area contributed by atoms with Crippen LogP contribution in [0.5, 0.6) is 11.5 Å². The summed E-state index contributed by atoms with van der Waals surface area (Å²) in [6.45, 7) is 3.03. The fourth-order valence-corrected chi connectivity index (χ4v) is 3.39. The van der Waals surface area contributed by atoms with E-state index >= 15 is 0 Å². The lowest BCUT2D eigenvalue weighted by atomic mass is 9.83. The zero-order valence-electron chi connectivity index (χ0n) is 12.0. The second-order valence-electron chi connectivity index (χ2n) is 6.52. The maximum absolute atomic E-state index is 6.40. The van der Waals surface area contributed by atoms with Gasteiger partial charge in [-0.2, -0.15) is 0 Å². The standard InChI is InChI=1S/C17H23NO2/c1-2-15(19-12-13-4-5-13)14-6-7-17(20-16(14)3-1)8-10-18-11-9-17/h1-3,13,18H,4-12H2. The number of nitrogens with one attached hydrogen (secondary N) is 1. The highest BCUT2D eigenvalue weighted by molar-refractivity contribution is 5.46. The predicted molar refractivity (Wildman–Crippen MR) is 78.4 cm³/mol. The molecule has 0 aromatic heterocycles. The minimum Gasteiger partial charge on any atom is -0.493 e. The molecule has 0 atom stereocenters. The van der Waals surface area contributed by atoms with E-state index in [1.54, 1.807) is 0 Å². The van der Waals surface area contributed by atoms with Crippen LogP contribution >= 0.6 is 0 Å². The van der Waals surface area contributed by atoms with Crippen LogP contribution in [0.1, 0.15) is 37.7 Å². The van der Waals surface area contributed by atoms with Crippen molar-refractivity contribution in [2.75, 3.05) is 19.7 Å². The van der Waals surface area contributed by atoms with Crippen molar-refractivity contribution in [3.63, 3.8) is 0 Å². The van der Waals surface area contributed by atoms with Gasteiger partial charge in [-0.05, 0) is 69.7 Å². The van der Waals surface area contributed by atoms with Crippen LogP contribution < -0.4 is 14.8 Å². The first kappa shape index (κ1) is 12.5. The Morgan fingerprint density at radius 3 is 2.85 bits per heavy atom. The summed E-state index contributed by atoms with van der Waals surface area (Å²) in [6.07, 6.45) is 7.14. The Hall–Kier alpha value is -1.22. The van der Waals surface area contributed by atoms with Gasteiger partial charge in [-0.15, -0.1) is 0 Å². The van der Waals surface area contributed by atoms with Crippen molar-refractivity contribution >= 4 is 0 Å². The van der Waals surface area contributed by atoms with E-state index in [9.17, 15) is 0 Å². The van der Waals surface area contributed by atoms with Gasteiger partial charge in [-0.25, -0.2) is 0 Å². The van der Waals surface area contributed by atoms with E-state index in [2.05, 4.69) is 23.5 Å². The van der Waals surface area contributed by atoms with Gasteiger partial charge in [-0.1, -0.05) is 6.07 Å². The second-order valence-corrected chi connectivity index (χ2v) is 6.52. The summed E-state index contributed by atoms with van der Waals surface area (Å²) in [5.41, 5.74) is 1.37. The summed E-state index contributed by atoms with van der Waals surface area (Å²) in [5, 5.41) is 3.43. The Labute approximate surface area is 120 Å². The molecule has 3 aliphatic rings. The molecule has 1 saturated carbocycles. The minimum absolute atomic E-state index is 0.0768. The van der Waals surface area contributed by atoms with Crippen molar-refractivity contribution in [1.82, 2.24) is 5.32 Å². The van der Waals surface area contributed by atoms with E-state index in [0.29, 0.717) is 0 Å². The Kier molecular flexibility index (Phi) is 3.10. The summed E-state index contributed by atoms with van der Waals surface area (Å²) in [7, 11) is 0. The van der Waals surface area contributed by atoms with Crippen molar-refractivity contribution in [3.8, 4) is 11.5 Å². The van der Waals surface area contributed by atoms with Gasteiger partial charge in [0, 0.05) is 5.56 Å². The van der Waals surface area contributed by atoms with Crippen molar-refractivity contribution in [1.29, 1.82) is 0 Å². The zero-order chi connectivity index (χ0) is 13.4. The van der Waals surface area contributed by atoms with E-state index in [-0.39, 0.29) is 5.60 Å². The molecule has 0 unspecified atom stereocenters. The van der Waals surface area contributed by atoms with Gasteiger partial charge in [0.25, 0.3) is 0 Å². The summed E-state index contributed by atoms with van der Waals surface area (Å²) >= 11 is 0. The average Bonchev–Trinajstić information content (AvgIpc) is 3.30. The molecule has 2 fully saturated rings.